The highest BCUT2D eigenvalue weighted by atomic mass is 32.1. The maximum absolute atomic E-state index is 12.7. The minimum Gasteiger partial charge on any atom is -0.309 e. The quantitative estimate of drug-likeness (QED) is 0.150. The van der Waals surface area contributed by atoms with E-state index in [1.54, 1.807) is 17.4 Å². The van der Waals surface area contributed by atoms with Gasteiger partial charge in [0.05, 0.1) is 21.5 Å². The number of rotatable bonds is 4. The summed E-state index contributed by atoms with van der Waals surface area (Å²) in [4.78, 5) is 12.4. The Labute approximate surface area is 262 Å². The molecule has 0 saturated heterocycles. The molecule has 0 saturated carbocycles. The number of hydrogen-bond donors (Lipinski definition) is 0. The SMILES string of the molecule is O=[N+]([O-])c1cc(-c2ccc3c(c2)c2ccccc2n3-c2ccccc2)ccc1-c1cc2sc3ccccc3c2c2ccccc12. The molecule has 9 aromatic rings. The molecule has 0 amide bonds. The topological polar surface area (TPSA) is 48.1 Å². The Hall–Kier alpha value is -5.78. The van der Waals surface area contributed by atoms with Gasteiger partial charge in [-0.15, -0.1) is 11.3 Å². The van der Waals surface area contributed by atoms with E-state index >= 15 is 0 Å². The van der Waals surface area contributed by atoms with Crippen LogP contribution < -0.4 is 0 Å². The van der Waals surface area contributed by atoms with Gasteiger partial charge < -0.3 is 4.57 Å². The van der Waals surface area contributed by atoms with Crippen molar-refractivity contribution in [3.05, 3.63) is 156 Å². The van der Waals surface area contributed by atoms with Crippen LogP contribution in [0.4, 0.5) is 5.69 Å². The lowest BCUT2D eigenvalue weighted by molar-refractivity contribution is -0.384. The molecule has 0 aliphatic carbocycles. The number of nitro groups is 1. The largest absolute Gasteiger partial charge is 0.309 e. The van der Waals surface area contributed by atoms with Crippen molar-refractivity contribution in [2.24, 2.45) is 0 Å². The van der Waals surface area contributed by atoms with E-state index in [2.05, 4.69) is 102 Å². The molecule has 212 valence electrons. The van der Waals surface area contributed by atoms with Crippen molar-refractivity contribution in [1.82, 2.24) is 4.57 Å². The fourth-order valence-electron chi connectivity index (χ4n) is 6.91. The van der Waals surface area contributed by atoms with Crippen LogP contribution in [0.2, 0.25) is 0 Å². The van der Waals surface area contributed by atoms with Gasteiger partial charge in [0.25, 0.3) is 5.69 Å². The molecule has 0 bridgehead atoms. The van der Waals surface area contributed by atoms with Crippen molar-refractivity contribution < 1.29 is 4.92 Å². The van der Waals surface area contributed by atoms with Crippen LogP contribution in [0.25, 0.3) is 80.7 Å². The van der Waals surface area contributed by atoms with Gasteiger partial charge in [0, 0.05) is 42.7 Å². The van der Waals surface area contributed by atoms with Crippen LogP contribution >= 0.6 is 11.3 Å². The van der Waals surface area contributed by atoms with E-state index in [1.807, 2.05) is 42.5 Å². The van der Waals surface area contributed by atoms with Gasteiger partial charge in [0.1, 0.15) is 0 Å². The fraction of sp³-hybridized carbons (Fsp3) is 0. The normalized spacial score (nSPS) is 11.7. The molecule has 0 unspecified atom stereocenters. The van der Waals surface area contributed by atoms with Crippen LogP contribution in [-0.2, 0) is 0 Å². The predicted octanol–water partition coefficient (Wildman–Crippen LogP) is 11.5. The molecular formula is C40H24N2O2S. The van der Waals surface area contributed by atoms with Crippen LogP contribution in [0.1, 0.15) is 0 Å². The predicted molar refractivity (Wildman–Crippen MR) is 189 cm³/mol. The number of para-hydroxylation sites is 2. The summed E-state index contributed by atoms with van der Waals surface area (Å²) in [5.74, 6) is 0. The molecule has 2 aromatic heterocycles. The van der Waals surface area contributed by atoms with Gasteiger partial charge in [-0.05, 0) is 76.0 Å². The Morgan fingerprint density at radius 1 is 0.511 bits per heavy atom. The van der Waals surface area contributed by atoms with Gasteiger partial charge in [-0.1, -0.05) is 91.0 Å². The molecule has 0 spiro atoms. The first-order chi connectivity index (χ1) is 22.2. The molecule has 9 rings (SSSR count). The second kappa shape index (κ2) is 9.88. The van der Waals surface area contributed by atoms with E-state index in [0.717, 1.165) is 59.7 Å². The van der Waals surface area contributed by atoms with Crippen molar-refractivity contribution in [3.8, 4) is 27.9 Å². The molecule has 0 N–H and O–H groups in total. The van der Waals surface area contributed by atoms with Crippen LogP contribution in [0, 0.1) is 10.1 Å². The number of fused-ring (bicyclic) bond motifs is 8. The standard InChI is InChI=1S/C40H24N2O2S/c43-42(44)37-23-26(25-19-21-36-34(22-25)29-13-6-8-16-35(29)41(36)27-10-2-1-3-11-27)18-20-30(37)33-24-39-40(31-14-5-4-12-28(31)33)32-15-7-9-17-38(32)45-39/h1-24H. The second-order valence-corrected chi connectivity index (χ2v) is 12.4. The van der Waals surface area contributed by atoms with Gasteiger partial charge >= 0.3 is 0 Å². The summed E-state index contributed by atoms with van der Waals surface area (Å²) in [6.07, 6.45) is 0. The van der Waals surface area contributed by atoms with Gasteiger partial charge in [-0.3, -0.25) is 10.1 Å². The average molecular weight is 597 g/mol. The monoisotopic (exact) mass is 596 g/mol. The maximum atomic E-state index is 12.7. The lowest BCUT2D eigenvalue weighted by Crippen LogP contribution is -1.94. The van der Waals surface area contributed by atoms with Crippen molar-refractivity contribution in [2.45, 2.75) is 0 Å². The van der Waals surface area contributed by atoms with Gasteiger partial charge in [0.2, 0.25) is 0 Å². The molecular weight excluding hydrogens is 573 g/mol. The minimum absolute atomic E-state index is 0.102. The Balaban J connectivity index is 1.24. The summed E-state index contributed by atoms with van der Waals surface area (Å²) in [5, 5.41) is 19.5. The van der Waals surface area contributed by atoms with Gasteiger partial charge in [-0.25, -0.2) is 0 Å². The molecule has 7 aromatic carbocycles. The molecule has 4 nitrogen and oxygen atoms in total. The maximum Gasteiger partial charge on any atom is 0.277 e. The zero-order chi connectivity index (χ0) is 30.1. The Morgan fingerprint density at radius 2 is 1.16 bits per heavy atom. The lowest BCUT2D eigenvalue weighted by Gasteiger charge is -2.11. The van der Waals surface area contributed by atoms with Crippen LogP contribution in [0.15, 0.2) is 146 Å². The third-order valence-electron chi connectivity index (χ3n) is 8.89. The molecule has 0 aliphatic heterocycles. The molecule has 0 atom stereocenters. The van der Waals surface area contributed by atoms with E-state index in [4.69, 9.17) is 0 Å². The highest BCUT2D eigenvalue weighted by molar-refractivity contribution is 7.26. The summed E-state index contributed by atoms with van der Waals surface area (Å²) in [5.41, 5.74) is 6.68. The Kier molecular flexibility index (Phi) is 5.64. The number of thiophene rings is 1. The second-order valence-electron chi connectivity index (χ2n) is 11.4. The molecule has 0 fully saturated rings. The Bertz CT molecular complexity index is 2630. The summed E-state index contributed by atoms with van der Waals surface area (Å²) in [6, 6.07) is 49.6. The van der Waals surface area contributed by atoms with Gasteiger partial charge in [0.15, 0.2) is 0 Å². The van der Waals surface area contributed by atoms with E-state index < -0.39 is 0 Å². The number of aromatic nitrogens is 1. The Morgan fingerprint density at radius 3 is 1.98 bits per heavy atom. The number of hydrogen-bond acceptors (Lipinski definition) is 3. The number of nitro benzene ring substituents is 1. The number of benzene rings is 7. The van der Waals surface area contributed by atoms with Crippen LogP contribution in [-0.4, -0.2) is 9.49 Å². The van der Waals surface area contributed by atoms with Crippen molar-refractivity contribution in [1.29, 1.82) is 0 Å². The van der Waals surface area contributed by atoms with E-state index in [-0.39, 0.29) is 10.6 Å². The van der Waals surface area contributed by atoms with E-state index in [0.29, 0.717) is 5.56 Å². The third-order valence-corrected chi connectivity index (χ3v) is 10.0. The van der Waals surface area contributed by atoms with Crippen molar-refractivity contribution in [3.63, 3.8) is 0 Å². The molecule has 0 aliphatic rings. The zero-order valence-electron chi connectivity index (χ0n) is 24.0. The zero-order valence-corrected chi connectivity index (χ0v) is 24.8. The summed E-state index contributed by atoms with van der Waals surface area (Å²) < 4.78 is 4.61. The minimum atomic E-state index is -0.247. The van der Waals surface area contributed by atoms with Crippen molar-refractivity contribution in [2.75, 3.05) is 0 Å². The van der Waals surface area contributed by atoms with Crippen LogP contribution in [0.5, 0.6) is 0 Å². The smallest absolute Gasteiger partial charge is 0.277 e. The van der Waals surface area contributed by atoms with Crippen LogP contribution in [0.3, 0.4) is 0 Å². The van der Waals surface area contributed by atoms with Crippen molar-refractivity contribution >= 4 is 69.8 Å². The van der Waals surface area contributed by atoms with E-state index in [9.17, 15) is 10.1 Å². The van der Waals surface area contributed by atoms with Gasteiger partial charge in [-0.2, -0.15) is 0 Å². The van der Waals surface area contributed by atoms with E-state index in [1.165, 1.54) is 15.5 Å². The summed E-state index contributed by atoms with van der Waals surface area (Å²) >= 11 is 1.73. The highest BCUT2D eigenvalue weighted by Crippen LogP contribution is 2.45. The lowest BCUT2D eigenvalue weighted by atomic mass is 9.92. The fourth-order valence-corrected chi connectivity index (χ4v) is 8.07. The molecule has 2 heterocycles. The summed E-state index contributed by atoms with van der Waals surface area (Å²) in [6.45, 7) is 0. The summed E-state index contributed by atoms with van der Waals surface area (Å²) in [7, 11) is 0. The first kappa shape index (κ1) is 25.7. The molecule has 5 heteroatoms. The molecule has 0 radical (unpaired) electrons. The average Bonchev–Trinajstić information content (AvgIpc) is 3.63. The third kappa shape index (κ3) is 3.91. The molecule has 45 heavy (non-hydrogen) atoms. The highest BCUT2D eigenvalue weighted by Gasteiger charge is 2.22. The first-order valence-electron chi connectivity index (χ1n) is 14.9. The number of nitrogens with zero attached hydrogens (tertiary/aromatic N) is 2. The first-order valence-corrected chi connectivity index (χ1v) is 15.7.